The zero-order valence-electron chi connectivity index (χ0n) is 9.64. The number of hydrogen-bond donors (Lipinski definition) is 2. The number of nitrogens with two attached hydrogens (primary N) is 1. The highest BCUT2D eigenvalue weighted by molar-refractivity contribution is 5.48. The van der Waals surface area contributed by atoms with Gasteiger partial charge in [-0.1, -0.05) is 6.07 Å². The van der Waals surface area contributed by atoms with E-state index >= 15 is 0 Å². The maximum Gasteiger partial charge on any atom is 0.170 e. The van der Waals surface area contributed by atoms with Crippen LogP contribution in [-0.4, -0.2) is 32.5 Å². The number of aliphatic hydroxyl groups excluding tert-OH is 1. The first-order valence-corrected chi connectivity index (χ1v) is 5.51. The van der Waals surface area contributed by atoms with E-state index in [9.17, 15) is 5.11 Å². The highest BCUT2D eigenvalue weighted by Crippen LogP contribution is 2.39. The smallest absolute Gasteiger partial charge is 0.170 e. The van der Waals surface area contributed by atoms with E-state index in [0.29, 0.717) is 6.61 Å². The Balaban J connectivity index is 2.41. The van der Waals surface area contributed by atoms with Gasteiger partial charge in [0, 0.05) is 0 Å². The molecule has 0 spiro atoms. The van der Waals surface area contributed by atoms with Gasteiger partial charge in [-0.15, -0.1) is 0 Å². The van der Waals surface area contributed by atoms with Crippen LogP contribution in [0.15, 0.2) is 18.2 Å². The zero-order chi connectivity index (χ0) is 11.5. The van der Waals surface area contributed by atoms with Crippen molar-refractivity contribution in [2.45, 2.75) is 6.04 Å². The molecule has 16 heavy (non-hydrogen) atoms. The molecule has 1 heterocycles. The van der Waals surface area contributed by atoms with Crippen LogP contribution in [0.5, 0.6) is 11.5 Å². The SMILES string of the molecule is C[NH2+][C@@H]1c2cccc(OC)c2OC[C@@H]1CO. The maximum atomic E-state index is 9.31. The van der Waals surface area contributed by atoms with Gasteiger partial charge < -0.3 is 19.9 Å². The molecule has 0 unspecified atom stereocenters. The summed E-state index contributed by atoms with van der Waals surface area (Å²) >= 11 is 0. The van der Waals surface area contributed by atoms with Crippen LogP contribution in [0.4, 0.5) is 0 Å². The van der Waals surface area contributed by atoms with Crippen molar-refractivity contribution in [2.75, 3.05) is 27.4 Å². The molecule has 0 aromatic heterocycles. The number of methoxy groups -OCH3 is 1. The molecule has 0 fully saturated rings. The predicted molar refractivity (Wildman–Crippen MR) is 59.7 cm³/mol. The van der Waals surface area contributed by atoms with Crippen molar-refractivity contribution in [3.8, 4) is 11.5 Å². The molecule has 1 aromatic rings. The number of ether oxygens (including phenoxy) is 2. The third-order valence-electron chi connectivity index (χ3n) is 3.13. The van der Waals surface area contributed by atoms with Gasteiger partial charge in [-0.2, -0.15) is 0 Å². The van der Waals surface area contributed by atoms with Crippen molar-refractivity contribution in [3.05, 3.63) is 23.8 Å². The summed E-state index contributed by atoms with van der Waals surface area (Å²) in [7, 11) is 3.66. The maximum absolute atomic E-state index is 9.31. The number of aliphatic hydroxyl groups is 1. The molecule has 0 amide bonds. The summed E-state index contributed by atoms with van der Waals surface area (Å²) in [6, 6.07) is 6.12. The third kappa shape index (κ3) is 1.74. The first kappa shape index (κ1) is 11.2. The molecule has 88 valence electrons. The molecule has 3 N–H and O–H groups in total. The quantitative estimate of drug-likeness (QED) is 0.755. The van der Waals surface area contributed by atoms with Gasteiger partial charge in [-0.25, -0.2) is 0 Å². The summed E-state index contributed by atoms with van der Waals surface area (Å²) in [5.74, 6) is 1.73. The van der Waals surface area contributed by atoms with E-state index in [4.69, 9.17) is 9.47 Å². The van der Waals surface area contributed by atoms with Crippen molar-refractivity contribution >= 4 is 0 Å². The molecule has 4 heteroatoms. The fraction of sp³-hybridized carbons (Fsp3) is 0.500. The van der Waals surface area contributed by atoms with Crippen LogP contribution in [0.1, 0.15) is 11.6 Å². The molecule has 0 saturated carbocycles. The monoisotopic (exact) mass is 224 g/mol. The van der Waals surface area contributed by atoms with Crippen molar-refractivity contribution in [3.63, 3.8) is 0 Å². The zero-order valence-corrected chi connectivity index (χ0v) is 9.64. The third-order valence-corrected chi connectivity index (χ3v) is 3.13. The first-order chi connectivity index (χ1) is 7.81. The first-order valence-electron chi connectivity index (χ1n) is 5.51. The van der Waals surface area contributed by atoms with Crippen molar-refractivity contribution in [1.29, 1.82) is 0 Å². The second kappa shape index (κ2) is 4.72. The number of quaternary nitrogens is 1. The number of benzene rings is 1. The number of para-hydroxylation sites is 1. The van der Waals surface area contributed by atoms with Crippen molar-refractivity contribution in [2.24, 2.45) is 5.92 Å². The molecule has 0 radical (unpaired) electrons. The summed E-state index contributed by atoms with van der Waals surface area (Å²) in [5, 5.41) is 11.4. The Hall–Kier alpha value is -1.26. The van der Waals surface area contributed by atoms with Crippen molar-refractivity contribution in [1.82, 2.24) is 0 Å². The average molecular weight is 224 g/mol. The lowest BCUT2D eigenvalue weighted by molar-refractivity contribution is -0.679. The topological polar surface area (TPSA) is 55.3 Å². The Morgan fingerprint density at radius 3 is 3.00 bits per heavy atom. The van der Waals surface area contributed by atoms with E-state index in [1.54, 1.807) is 7.11 Å². The lowest BCUT2D eigenvalue weighted by atomic mass is 9.91. The predicted octanol–water partition coefficient (Wildman–Crippen LogP) is -0.0696. The minimum Gasteiger partial charge on any atom is -0.493 e. The molecule has 0 bridgehead atoms. The van der Waals surface area contributed by atoms with Gasteiger partial charge in [0.2, 0.25) is 0 Å². The summed E-state index contributed by atoms with van der Waals surface area (Å²) in [6.07, 6.45) is 0. The molecule has 1 aliphatic heterocycles. The van der Waals surface area contributed by atoms with E-state index in [1.807, 2.05) is 25.2 Å². The molecule has 0 saturated heterocycles. The van der Waals surface area contributed by atoms with Gasteiger partial charge in [0.25, 0.3) is 0 Å². The molecule has 0 aliphatic carbocycles. The van der Waals surface area contributed by atoms with Crippen LogP contribution in [0.3, 0.4) is 0 Å². The van der Waals surface area contributed by atoms with Crippen LogP contribution in [0.25, 0.3) is 0 Å². The van der Waals surface area contributed by atoms with Crippen LogP contribution >= 0.6 is 0 Å². The Morgan fingerprint density at radius 2 is 2.38 bits per heavy atom. The van der Waals surface area contributed by atoms with Crippen molar-refractivity contribution < 1.29 is 19.9 Å². The van der Waals surface area contributed by atoms with Gasteiger partial charge >= 0.3 is 0 Å². The van der Waals surface area contributed by atoms with Crippen LogP contribution < -0.4 is 14.8 Å². The lowest BCUT2D eigenvalue weighted by Crippen LogP contribution is -2.83. The highest BCUT2D eigenvalue weighted by atomic mass is 16.5. The number of hydrogen-bond acceptors (Lipinski definition) is 3. The van der Waals surface area contributed by atoms with Gasteiger partial charge in [0.1, 0.15) is 6.04 Å². The fourth-order valence-corrected chi connectivity index (χ4v) is 2.28. The minimum absolute atomic E-state index is 0.143. The van der Waals surface area contributed by atoms with Crippen LogP contribution in [0, 0.1) is 5.92 Å². The largest absolute Gasteiger partial charge is 0.493 e. The van der Waals surface area contributed by atoms with E-state index in [0.717, 1.165) is 17.1 Å². The van der Waals surface area contributed by atoms with Crippen LogP contribution in [0.2, 0.25) is 0 Å². The molecule has 1 aliphatic rings. The van der Waals surface area contributed by atoms with Gasteiger partial charge in [-0.05, 0) is 12.1 Å². The molecule has 2 rings (SSSR count). The van der Waals surface area contributed by atoms with Crippen LogP contribution in [-0.2, 0) is 0 Å². The average Bonchev–Trinajstić information content (AvgIpc) is 2.36. The number of fused-ring (bicyclic) bond motifs is 1. The Bertz CT molecular complexity index is 367. The normalized spacial score (nSPS) is 23.4. The van der Waals surface area contributed by atoms with E-state index in [-0.39, 0.29) is 18.6 Å². The highest BCUT2D eigenvalue weighted by Gasteiger charge is 2.33. The Kier molecular flexibility index (Phi) is 3.31. The minimum atomic E-state index is 0.143. The molecule has 4 nitrogen and oxygen atoms in total. The summed E-state index contributed by atoms with van der Waals surface area (Å²) in [5.41, 5.74) is 1.10. The lowest BCUT2D eigenvalue weighted by Gasteiger charge is -2.30. The van der Waals surface area contributed by atoms with Gasteiger partial charge in [0.15, 0.2) is 11.5 Å². The molecular formula is C12H18NO3+. The van der Waals surface area contributed by atoms with E-state index in [1.165, 1.54) is 0 Å². The van der Waals surface area contributed by atoms with E-state index in [2.05, 4.69) is 5.32 Å². The Labute approximate surface area is 95.2 Å². The van der Waals surface area contributed by atoms with E-state index < -0.39 is 0 Å². The summed E-state index contributed by atoms with van der Waals surface area (Å²) < 4.78 is 10.9. The number of rotatable bonds is 3. The second-order valence-corrected chi connectivity index (χ2v) is 3.99. The molecule has 1 aromatic carbocycles. The summed E-state index contributed by atoms with van der Waals surface area (Å²) in [6.45, 7) is 0.685. The fourth-order valence-electron chi connectivity index (χ4n) is 2.28. The standard InChI is InChI=1S/C12H17NO3/c1-13-11-8(6-14)7-16-12-9(11)4-3-5-10(12)15-2/h3-5,8,11,13-14H,6-7H2,1-2H3/p+1/t8-,11-/m0/s1. The molecular weight excluding hydrogens is 206 g/mol. The summed E-state index contributed by atoms with van der Waals surface area (Å²) in [4.78, 5) is 0. The second-order valence-electron chi connectivity index (χ2n) is 3.99. The van der Waals surface area contributed by atoms with Gasteiger partial charge in [-0.3, -0.25) is 0 Å². The molecule has 2 atom stereocenters. The Morgan fingerprint density at radius 1 is 1.56 bits per heavy atom. The van der Waals surface area contributed by atoms with Gasteiger partial charge in [0.05, 0.1) is 38.9 Å².